The van der Waals surface area contributed by atoms with Crippen molar-refractivity contribution in [2.75, 3.05) is 5.32 Å². The van der Waals surface area contributed by atoms with E-state index in [-0.39, 0.29) is 58.5 Å². The van der Waals surface area contributed by atoms with E-state index < -0.39 is 36.5 Å². The standard InChI is InChI=1S/C17H14N4O6S2.Na.H2O3S.H/c22-28(23,24)15-7-2-1-4-12(15)8-9-13-5-3-6-14(17(13)29(25,26)27)19-16-10-11-18-21-20-16;;1-4(2)3;/h1-11H,(H,18,19,20)(H,22,23,24)(H,25,26,27);;(H2,1,2,3);/q;+1;;-1/b9-8+;;;. The Kier molecular flexibility index (Phi) is 11.5. The maximum Gasteiger partial charge on any atom is 1.00 e. The molecule has 178 valence electrons. The van der Waals surface area contributed by atoms with Crippen LogP contribution in [0.3, 0.4) is 0 Å². The molecule has 0 unspecified atom stereocenters. The van der Waals surface area contributed by atoms with Gasteiger partial charge in [0.1, 0.15) is 9.79 Å². The number of anilines is 2. The first-order chi connectivity index (χ1) is 15.4. The zero-order valence-corrected chi connectivity index (χ0v) is 21.7. The smallest absolute Gasteiger partial charge is 1.00 e. The maximum atomic E-state index is 12.0. The fraction of sp³-hybridized carbons (Fsp3) is 0. The molecule has 3 aromatic rings. The predicted octanol–water partition coefficient (Wildman–Crippen LogP) is -0.923. The summed E-state index contributed by atoms with van der Waals surface area (Å²) < 4.78 is 88.9. The fourth-order valence-electron chi connectivity index (χ4n) is 2.55. The Morgan fingerprint density at radius 3 is 2.03 bits per heavy atom. The minimum Gasteiger partial charge on any atom is -1.00 e. The number of nitrogens with zero attached hydrogens (tertiary/aromatic N) is 3. The third-order valence-corrected chi connectivity index (χ3v) is 5.61. The molecular weight excluding hydrogens is 523 g/mol. The molecule has 2 aromatic carbocycles. The maximum absolute atomic E-state index is 12.0. The second kappa shape index (κ2) is 13.1. The summed E-state index contributed by atoms with van der Waals surface area (Å²) in [4.78, 5) is -0.787. The third kappa shape index (κ3) is 9.26. The number of hydrogen-bond donors (Lipinski definition) is 5. The molecular formula is C17H17N4NaO9S3. The Morgan fingerprint density at radius 1 is 0.882 bits per heavy atom. The van der Waals surface area contributed by atoms with Crippen LogP contribution in [-0.4, -0.2) is 54.7 Å². The summed E-state index contributed by atoms with van der Waals surface area (Å²) in [6.07, 6.45) is 3.96. The summed E-state index contributed by atoms with van der Waals surface area (Å²) in [5, 5.41) is 13.4. The average molecular weight is 541 g/mol. The van der Waals surface area contributed by atoms with Gasteiger partial charge in [0.15, 0.2) is 5.82 Å². The van der Waals surface area contributed by atoms with Crippen LogP contribution in [0.25, 0.3) is 12.2 Å². The number of hydrogen-bond acceptors (Lipinski definition) is 9. The molecule has 0 saturated carbocycles. The van der Waals surface area contributed by atoms with E-state index >= 15 is 0 Å². The van der Waals surface area contributed by atoms with Crippen molar-refractivity contribution in [3.8, 4) is 0 Å². The van der Waals surface area contributed by atoms with Gasteiger partial charge in [0.05, 0.1) is 11.9 Å². The van der Waals surface area contributed by atoms with E-state index in [4.69, 9.17) is 13.3 Å². The molecule has 0 fully saturated rings. The van der Waals surface area contributed by atoms with Gasteiger partial charge in [0, 0.05) is 6.07 Å². The normalized spacial score (nSPS) is 11.4. The number of benzene rings is 2. The van der Waals surface area contributed by atoms with E-state index in [1.165, 1.54) is 60.8 Å². The van der Waals surface area contributed by atoms with Gasteiger partial charge in [-0.1, -0.05) is 42.5 Å². The quantitative estimate of drug-likeness (QED) is 0.111. The molecule has 17 heteroatoms. The molecule has 3 rings (SSSR count). The van der Waals surface area contributed by atoms with Crippen LogP contribution in [0, 0.1) is 0 Å². The Morgan fingerprint density at radius 2 is 1.47 bits per heavy atom. The SMILES string of the molecule is O=S(=O)(O)c1ccccc1/C=C/c1cccc(Nc2ccnnn2)c1S(=O)(=O)O.O=S(O)O.[H-].[Na+]. The molecule has 0 amide bonds. The van der Waals surface area contributed by atoms with E-state index in [1.807, 2.05) is 0 Å². The first-order valence-corrected chi connectivity index (χ1v) is 12.4. The van der Waals surface area contributed by atoms with Crippen molar-refractivity contribution in [3.05, 3.63) is 65.9 Å². The fourth-order valence-corrected chi connectivity index (χ4v) is 4.07. The third-order valence-electron chi connectivity index (χ3n) is 3.71. The molecule has 34 heavy (non-hydrogen) atoms. The van der Waals surface area contributed by atoms with Crippen LogP contribution in [0.1, 0.15) is 12.6 Å². The van der Waals surface area contributed by atoms with Crippen molar-refractivity contribution in [1.29, 1.82) is 0 Å². The van der Waals surface area contributed by atoms with Gasteiger partial charge < -0.3 is 6.74 Å². The number of nitrogens with one attached hydrogen (secondary N) is 1. The van der Waals surface area contributed by atoms with E-state index in [1.54, 1.807) is 6.07 Å². The topological polar surface area (TPSA) is 217 Å². The molecule has 0 aliphatic heterocycles. The van der Waals surface area contributed by atoms with Crippen LogP contribution >= 0.6 is 0 Å². The molecule has 0 aliphatic rings. The molecule has 0 radical (unpaired) electrons. The Bertz CT molecular complexity index is 1390. The molecule has 13 nitrogen and oxygen atoms in total. The zero-order chi connectivity index (χ0) is 24.6. The van der Waals surface area contributed by atoms with Crippen molar-refractivity contribution in [2.45, 2.75) is 9.79 Å². The summed E-state index contributed by atoms with van der Waals surface area (Å²) >= 11 is -2.61. The van der Waals surface area contributed by atoms with Crippen LogP contribution in [-0.2, 0) is 31.6 Å². The number of aromatic nitrogens is 3. The Hall–Kier alpha value is -2.12. The minimum atomic E-state index is -4.67. The van der Waals surface area contributed by atoms with Crippen LogP contribution in [0.5, 0.6) is 0 Å². The monoisotopic (exact) mass is 540 g/mol. The van der Waals surface area contributed by atoms with E-state index in [0.717, 1.165) is 0 Å². The van der Waals surface area contributed by atoms with Gasteiger partial charge >= 0.3 is 29.6 Å². The molecule has 0 aliphatic carbocycles. The van der Waals surface area contributed by atoms with E-state index in [9.17, 15) is 25.9 Å². The van der Waals surface area contributed by atoms with Crippen LogP contribution in [0.15, 0.2) is 64.5 Å². The summed E-state index contributed by atoms with van der Waals surface area (Å²) in [7, 11) is -9.15. The second-order valence-corrected chi connectivity index (χ2v) is 9.12. The molecule has 0 saturated heterocycles. The second-order valence-electron chi connectivity index (χ2n) is 5.91. The predicted molar refractivity (Wildman–Crippen MR) is 119 cm³/mol. The van der Waals surface area contributed by atoms with Crippen molar-refractivity contribution in [2.24, 2.45) is 0 Å². The zero-order valence-electron chi connectivity index (χ0n) is 18.2. The minimum absolute atomic E-state index is 0. The van der Waals surface area contributed by atoms with Crippen molar-refractivity contribution < 1.29 is 70.2 Å². The Balaban J connectivity index is 0.00000179. The molecule has 0 atom stereocenters. The summed E-state index contributed by atoms with van der Waals surface area (Å²) in [6, 6.07) is 11.4. The molecule has 1 heterocycles. The molecule has 5 N–H and O–H groups in total. The van der Waals surface area contributed by atoms with Crippen LogP contribution in [0.4, 0.5) is 11.5 Å². The van der Waals surface area contributed by atoms with E-state index in [2.05, 4.69) is 20.7 Å². The summed E-state index contributed by atoms with van der Waals surface area (Å²) in [6.45, 7) is 0. The van der Waals surface area contributed by atoms with Crippen molar-refractivity contribution in [1.82, 2.24) is 15.4 Å². The largest absolute Gasteiger partial charge is 1.00 e. The first kappa shape index (κ1) is 29.9. The van der Waals surface area contributed by atoms with Gasteiger partial charge in [-0.05, 0) is 28.5 Å². The first-order valence-electron chi connectivity index (χ1n) is 8.46. The van der Waals surface area contributed by atoms with Crippen LogP contribution in [0.2, 0.25) is 0 Å². The van der Waals surface area contributed by atoms with Gasteiger partial charge in [0.2, 0.25) is 0 Å². The molecule has 0 bridgehead atoms. The average Bonchev–Trinajstić information content (AvgIpc) is 2.71. The van der Waals surface area contributed by atoms with Gasteiger partial charge in [-0.25, -0.2) is 0 Å². The van der Waals surface area contributed by atoms with E-state index in [0.29, 0.717) is 0 Å². The van der Waals surface area contributed by atoms with Gasteiger partial charge in [-0.15, -0.1) is 10.2 Å². The van der Waals surface area contributed by atoms with Gasteiger partial charge in [-0.3, -0.25) is 18.2 Å². The summed E-state index contributed by atoms with van der Waals surface area (Å²) in [5.74, 6) is 0.197. The van der Waals surface area contributed by atoms with Crippen molar-refractivity contribution >= 4 is 55.3 Å². The Labute approximate surface area is 220 Å². The summed E-state index contributed by atoms with van der Waals surface area (Å²) in [5.41, 5.74) is 0.234. The van der Waals surface area contributed by atoms with Gasteiger partial charge in [-0.2, -0.15) is 21.0 Å². The van der Waals surface area contributed by atoms with Gasteiger partial charge in [0.25, 0.3) is 31.6 Å². The number of rotatable bonds is 6. The molecule has 0 spiro atoms. The molecule has 1 aromatic heterocycles. The van der Waals surface area contributed by atoms with Crippen molar-refractivity contribution in [3.63, 3.8) is 0 Å². The van der Waals surface area contributed by atoms with Crippen LogP contribution < -0.4 is 34.9 Å².